The van der Waals surface area contributed by atoms with Gasteiger partial charge in [0.1, 0.15) is 5.75 Å². The number of likely N-dealkylation sites (N-methyl/N-ethyl adjacent to an activating group) is 1. The van der Waals surface area contributed by atoms with Gasteiger partial charge in [-0.1, -0.05) is 29.8 Å². The molecule has 0 fully saturated rings. The van der Waals surface area contributed by atoms with Crippen molar-refractivity contribution in [2.45, 2.75) is 0 Å². The number of hydrogen-bond donors (Lipinski definition) is 1. The van der Waals surface area contributed by atoms with Gasteiger partial charge in [-0.25, -0.2) is 8.42 Å². The van der Waals surface area contributed by atoms with Gasteiger partial charge in [-0.15, -0.1) is 0 Å². The Balaban J connectivity index is 1.99. The summed E-state index contributed by atoms with van der Waals surface area (Å²) in [6, 6.07) is 13.5. The quantitative estimate of drug-likeness (QED) is 0.782. The molecule has 0 unspecified atom stereocenters. The minimum Gasteiger partial charge on any atom is -0.497 e. The molecule has 2 rings (SSSR count). The van der Waals surface area contributed by atoms with Crippen molar-refractivity contribution in [3.8, 4) is 5.75 Å². The van der Waals surface area contributed by atoms with Crippen LogP contribution in [0.5, 0.6) is 5.75 Å². The van der Waals surface area contributed by atoms with Gasteiger partial charge in [0.15, 0.2) is 0 Å². The van der Waals surface area contributed by atoms with Gasteiger partial charge in [0.05, 0.1) is 13.7 Å². The summed E-state index contributed by atoms with van der Waals surface area (Å²) in [6.07, 6.45) is 1.45. The number of carbonyl (C=O) groups is 1. The number of benzene rings is 2. The minimum absolute atomic E-state index is 0.315. The molecule has 0 aliphatic heterocycles. The number of sulfonamides is 1. The number of ether oxygens (including phenoxy) is 1. The lowest BCUT2D eigenvalue weighted by Gasteiger charge is -2.14. The Morgan fingerprint density at radius 2 is 1.92 bits per heavy atom. The predicted octanol–water partition coefficient (Wildman–Crippen LogP) is 3.22. The van der Waals surface area contributed by atoms with Crippen LogP contribution in [-0.2, 0) is 14.8 Å². The zero-order valence-corrected chi connectivity index (χ0v) is 15.9. The summed E-state index contributed by atoms with van der Waals surface area (Å²) in [5.41, 5.74) is 1.21. The second-order valence-electron chi connectivity index (χ2n) is 5.44. The van der Waals surface area contributed by atoms with Crippen LogP contribution >= 0.6 is 11.6 Å². The molecule has 0 aliphatic carbocycles. The number of halogens is 1. The maximum absolute atomic E-state index is 12.3. The first-order valence-corrected chi connectivity index (χ1v) is 9.52. The summed E-state index contributed by atoms with van der Waals surface area (Å²) in [7, 11) is -0.872. The summed E-state index contributed by atoms with van der Waals surface area (Å²) in [5.74, 6) is 0.138. The molecule has 0 bridgehead atoms. The van der Waals surface area contributed by atoms with Crippen LogP contribution in [0.1, 0.15) is 5.56 Å². The minimum atomic E-state index is -3.73. The standard InChI is InChI=1S/C18H19ClN2O4S/c1-21(13-18(22)20-16-4-3-5-17(12-16)25-2)26(23,24)11-10-14-6-8-15(19)9-7-14/h3-12H,13H2,1-2H3,(H,20,22)/b11-10+. The van der Waals surface area contributed by atoms with Crippen LogP contribution in [0, 0.1) is 0 Å². The molecule has 0 heterocycles. The van der Waals surface area contributed by atoms with E-state index in [4.69, 9.17) is 16.3 Å². The normalized spacial score (nSPS) is 11.7. The number of methoxy groups -OCH3 is 1. The van der Waals surface area contributed by atoms with Crippen LogP contribution < -0.4 is 10.1 Å². The van der Waals surface area contributed by atoms with E-state index in [1.807, 2.05) is 0 Å². The van der Waals surface area contributed by atoms with Gasteiger partial charge in [0, 0.05) is 29.2 Å². The van der Waals surface area contributed by atoms with Gasteiger partial charge >= 0.3 is 0 Å². The third-order valence-electron chi connectivity index (χ3n) is 3.46. The Kier molecular flexibility index (Phi) is 6.79. The molecule has 26 heavy (non-hydrogen) atoms. The molecule has 0 atom stereocenters. The van der Waals surface area contributed by atoms with E-state index < -0.39 is 15.9 Å². The van der Waals surface area contributed by atoms with E-state index in [0.717, 1.165) is 9.71 Å². The molecule has 0 spiro atoms. The van der Waals surface area contributed by atoms with Crippen LogP contribution in [-0.4, -0.2) is 39.3 Å². The molecular weight excluding hydrogens is 376 g/mol. The molecule has 2 aromatic carbocycles. The predicted molar refractivity (Wildman–Crippen MR) is 104 cm³/mol. The van der Waals surface area contributed by atoms with E-state index in [0.29, 0.717) is 22.0 Å². The molecule has 1 amide bonds. The highest BCUT2D eigenvalue weighted by atomic mass is 35.5. The molecule has 0 saturated carbocycles. The number of nitrogens with one attached hydrogen (secondary N) is 1. The van der Waals surface area contributed by atoms with Crippen LogP contribution in [0.4, 0.5) is 5.69 Å². The fraction of sp³-hybridized carbons (Fsp3) is 0.167. The second kappa shape index (κ2) is 8.84. The molecule has 6 nitrogen and oxygen atoms in total. The number of amides is 1. The van der Waals surface area contributed by atoms with E-state index in [1.165, 1.54) is 20.2 Å². The van der Waals surface area contributed by atoms with Crippen molar-refractivity contribution in [2.75, 3.05) is 26.0 Å². The fourth-order valence-electron chi connectivity index (χ4n) is 2.04. The van der Waals surface area contributed by atoms with Crippen molar-refractivity contribution < 1.29 is 17.9 Å². The molecule has 1 N–H and O–H groups in total. The van der Waals surface area contributed by atoms with E-state index in [2.05, 4.69) is 5.32 Å². The fourth-order valence-corrected chi connectivity index (χ4v) is 3.00. The van der Waals surface area contributed by atoms with Crippen LogP contribution in [0.25, 0.3) is 6.08 Å². The Labute approximate surface area is 158 Å². The van der Waals surface area contributed by atoms with Gasteiger partial charge in [-0.2, -0.15) is 4.31 Å². The SMILES string of the molecule is COc1cccc(NC(=O)CN(C)S(=O)(=O)/C=C/c2ccc(Cl)cc2)c1. The maximum atomic E-state index is 12.3. The highest BCUT2D eigenvalue weighted by Crippen LogP contribution is 2.17. The van der Waals surface area contributed by atoms with Gasteiger partial charge in [-0.3, -0.25) is 4.79 Å². The third-order valence-corrected chi connectivity index (χ3v) is 5.19. The highest BCUT2D eigenvalue weighted by molar-refractivity contribution is 7.92. The summed E-state index contributed by atoms with van der Waals surface area (Å²) in [5, 5.41) is 4.25. The Morgan fingerprint density at radius 3 is 2.58 bits per heavy atom. The summed E-state index contributed by atoms with van der Waals surface area (Å²) in [4.78, 5) is 12.1. The summed E-state index contributed by atoms with van der Waals surface area (Å²) in [6.45, 7) is -0.315. The summed E-state index contributed by atoms with van der Waals surface area (Å²) >= 11 is 5.79. The number of hydrogen-bond acceptors (Lipinski definition) is 4. The first-order chi connectivity index (χ1) is 12.3. The molecule has 0 aromatic heterocycles. The van der Waals surface area contributed by atoms with Crippen molar-refractivity contribution in [1.29, 1.82) is 0 Å². The van der Waals surface area contributed by atoms with E-state index in [-0.39, 0.29) is 6.54 Å². The first kappa shape index (κ1) is 20.0. The largest absolute Gasteiger partial charge is 0.497 e. The van der Waals surface area contributed by atoms with Crippen molar-refractivity contribution >= 4 is 39.3 Å². The topological polar surface area (TPSA) is 75.7 Å². The van der Waals surface area contributed by atoms with Gasteiger partial charge in [0.25, 0.3) is 0 Å². The van der Waals surface area contributed by atoms with Crippen LogP contribution in [0.2, 0.25) is 5.02 Å². The van der Waals surface area contributed by atoms with Gasteiger partial charge in [-0.05, 0) is 35.9 Å². The third kappa shape index (κ3) is 5.87. The van der Waals surface area contributed by atoms with Crippen molar-refractivity contribution in [1.82, 2.24) is 4.31 Å². The van der Waals surface area contributed by atoms with E-state index >= 15 is 0 Å². The molecule has 0 saturated heterocycles. The average Bonchev–Trinajstić information content (AvgIpc) is 2.61. The van der Waals surface area contributed by atoms with Gasteiger partial charge in [0.2, 0.25) is 15.9 Å². The van der Waals surface area contributed by atoms with E-state index in [1.54, 1.807) is 48.5 Å². The Bertz CT molecular complexity index is 896. The number of anilines is 1. The second-order valence-corrected chi connectivity index (χ2v) is 7.80. The Morgan fingerprint density at radius 1 is 1.23 bits per heavy atom. The summed E-state index contributed by atoms with van der Waals surface area (Å²) < 4.78 is 30.6. The average molecular weight is 395 g/mol. The Hall–Kier alpha value is -2.35. The monoisotopic (exact) mass is 394 g/mol. The zero-order valence-electron chi connectivity index (χ0n) is 14.3. The number of nitrogens with zero attached hydrogens (tertiary/aromatic N) is 1. The van der Waals surface area contributed by atoms with E-state index in [9.17, 15) is 13.2 Å². The number of carbonyl (C=O) groups excluding carboxylic acids is 1. The molecular formula is C18H19ClN2O4S. The van der Waals surface area contributed by atoms with Crippen LogP contribution in [0.15, 0.2) is 53.9 Å². The lowest BCUT2D eigenvalue weighted by Crippen LogP contribution is -2.33. The number of rotatable bonds is 7. The van der Waals surface area contributed by atoms with Crippen molar-refractivity contribution in [3.63, 3.8) is 0 Å². The molecule has 138 valence electrons. The molecule has 8 heteroatoms. The van der Waals surface area contributed by atoms with Crippen molar-refractivity contribution in [2.24, 2.45) is 0 Å². The molecule has 2 aromatic rings. The first-order valence-electron chi connectivity index (χ1n) is 7.64. The highest BCUT2D eigenvalue weighted by Gasteiger charge is 2.17. The zero-order chi connectivity index (χ0) is 19.2. The lowest BCUT2D eigenvalue weighted by molar-refractivity contribution is -0.116. The molecule has 0 aliphatic rings. The van der Waals surface area contributed by atoms with Crippen LogP contribution in [0.3, 0.4) is 0 Å². The van der Waals surface area contributed by atoms with Crippen molar-refractivity contribution in [3.05, 3.63) is 64.5 Å². The molecule has 0 radical (unpaired) electrons. The van der Waals surface area contributed by atoms with Gasteiger partial charge < -0.3 is 10.1 Å². The lowest BCUT2D eigenvalue weighted by atomic mass is 10.2. The maximum Gasteiger partial charge on any atom is 0.239 e. The smallest absolute Gasteiger partial charge is 0.239 e.